The number of carbonyl (C=O) groups is 2. The van der Waals surface area contributed by atoms with E-state index in [1.165, 1.54) is 20.3 Å². The molecular formula is C36H33Cl2F3N6O6. The summed E-state index contributed by atoms with van der Waals surface area (Å²) in [6.45, 7) is 6.18. The van der Waals surface area contributed by atoms with Gasteiger partial charge >= 0.3 is 12.1 Å². The Hall–Kier alpha value is -5.25. The summed E-state index contributed by atoms with van der Waals surface area (Å²) in [4.78, 5) is 33.3. The average molecular weight is 774 g/mol. The Morgan fingerprint density at radius 3 is 2.25 bits per heavy atom. The first-order chi connectivity index (χ1) is 25.2. The average Bonchev–Trinajstić information content (AvgIpc) is 3.67. The predicted molar refractivity (Wildman–Crippen MR) is 196 cm³/mol. The number of imidazole rings is 1. The molecule has 1 saturated heterocycles. The Kier molecular flexibility index (Phi) is 10.4. The number of aliphatic carboxylic acids is 1. The van der Waals surface area contributed by atoms with E-state index >= 15 is 0 Å². The van der Waals surface area contributed by atoms with Crippen LogP contribution in [0.25, 0.3) is 38.9 Å². The van der Waals surface area contributed by atoms with Gasteiger partial charge in [-0.3, -0.25) is 14.2 Å². The summed E-state index contributed by atoms with van der Waals surface area (Å²) in [5.74, 6) is -1.55. The Bertz CT molecular complexity index is 2230. The number of pyridine rings is 2. The van der Waals surface area contributed by atoms with Crippen molar-refractivity contribution in [1.29, 1.82) is 0 Å². The molecule has 2 aliphatic rings. The summed E-state index contributed by atoms with van der Waals surface area (Å²) >= 11 is 13.6. The second kappa shape index (κ2) is 14.6. The van der Waals surface area contributed by atoms with Crippen molar-refractivity contribution in [3.05, 3.63) is 71.6 Å². The van der Waals surface area contributed by atoms with Gasteiger partial charge in [0, 0.05) is 78.0 Å². The van der Waals surface area contributed by atoms with Gasteiger partial charge in [0.15, 0.2) is 0 Å². The largest absolute Gasteiger partial charge is 0.496 e. The lowest BCUT2D eigenvalue weighted by atomic mass is 10.0. The molecule has 7 rings (SSSR count). The zero-order valence-corrected chi connectivity index (χ0v) is 30.1. The molecule has 5 aromatic rings. The molecule has 17 heteroatoms. The van der Waals surface area contributed by atoms with Crippen LogP contribution in [0.4, 0.5) is 24.5 Å². The number of aromatic nitrogens is 3. The molecule has 3 N–H and O–H groups in total. The first kappa shape index (κ1) is 37.5. The first-order valence-corrected chi connectivity index (χ1v) is 16.8. The molecule has 0 bridgehead atoms. The highest BCUT2D eigenvalue weighted by Crippen LogP contribution is 2.48. The van der Waals surface area contributed by atoms with Crippen LogP contribution in [0, 0.1) is 0 Å². The fourth-order valence-corrected chi connectivity index (χ4v) is 6.98. The maximum absolute atomic E-state index is 12.6. The number of nitrogens with zero attached hydrogens (tertiary/aromatic N) is 4. The molecule has 0 radical (unpaired) electrons. The highest BCUT2D eigenvalue weighted by atomic mass is 35.5. The minimum absolute atomic E-state index is 0.142. The predicted octanol–water partition coefficient (Wildman–Crippen LogP) is 7.25. The number of piperazine rings is 1. The van der Waals surface area contributed by atoms with Gasteiger partial charge in [0.05, 0.1) is 54.0 Å². The highest BCUT2D eigenvalue weighted by molar-refractivity contribution is 6.41. The molecule has 1 saturated carbocycles. The van der Waals surface area contributed by atoms with E-state index in [-0.39, 0.29) is 11.4 Å². The van der Waals surface area contributed by atoms with E-state index in [0.717, 1.165) is 54.6 Å². The monoisotopic (exact) mass is 772 g/mol. The SMILES string of the molecule is C=CC(=O)Nc1cc(-c2cc3c(cn2)cc(-c2c(Cl)c(OC)cc(OC)c2Cl)c2nccn23)c(OC)cc1N1CCNC2(CC2)C1.O=C(O)C(F)(F)F. The number of carbonyl (C=O) groups excluding carboxylic acids is 1. The van der Waals surface area contributed by atoms with E-state index in [1.807, 2.05) is 34.9 Å². The summed E-state index contributed by atoms with van der Waals surface area (Å²) in [7, 11) is 4.72. The first-order valence-electron chi connectivity index (χ1n) is 16.1. The molecule has 0 atom stereocenters. The van der Waals surface area contributed by atoms with Crippen molar-refractivity contribution < 1.29 is 42.1 Å². The van der Waals surface area contributed by atoms with Gasteiger partial charge in [0.1, 0.15) is 22.9 Å². The zero-order valence-electron chi connectivity index (χ0n) is 28.6. The van der Waals surface area contributed by atoms with Gasteiger partial charge in [-0.05, 0) is 37.1 Å². The van der Waals surface area contributed by atoms with Crippen LogP contribution in [0.5, 0.6) is 17.2 Å². The number of alkyl halides is 3. The van der Waals surface area contributed by atoms with Crippen LogP contribution in [0.3, 0.4) is 0 Å². The van der Waals surface area contributed by atoms with Crippen LogP contribution in [0.1, 0.15) is 12.8 Å². The summed E-state index contributed by atoms with van der Waals surface area (Å²) < 4.78 is 50.7. The van der Waals surface area contributed by atoms with Crippen LogP contribution >= 0.6 is 23.2 Å². The second-order valence-electron chi connectivity index (χ2n) is 12.3. The third kappa shape index (κ3) is 7.36. The summed E-state index contributed by atoms with van der Waals surface area (Å²) in [5.41, 5.74) is 5.82. The van der Waals surface area contributed by atoms with Crippen molar-refractivity contribution in [3.8, 4) is 39.6 Å². The minimum Gasteiger partial charge on any atom is -0.496 e. The summed E-state index contributed by atoms with van der Waals surface area (Å²) in [6.07, 6.45) is 3.85. The topological polar surface area (TPSA) is 140 Å². The Labute approximate surface area is 311 Å². The zero-order chi connectivity index (χ0) is 38.2. The lowest BCUT2D eigenvalue weighted by Gasteiger charge is -2.37. The molecule has 278 valence electrons. The molecule has 12 nitrogen and oxygen atoms in total. The molecule has 3 aromatic heterocycles. The van der Waals surface area contributed by atoms with E-state index in [1.54, 1.807) is 25.6 Å². The lowest BCUT2D eigenvalue weighted by molar-refractivity contribution is -0.192. The van der Waals surface area contributed by atoms with Gasteiger partial charge in [-0.2, -0.15) is 13.2 Å². The lowest BCUT2D eigenvalue weighted by Crippen LogP contribution is -2.52. The number of hydrogen-bond acceptors (Lipinski definition) is 9. The highest BCUT2D eigenvalue weighted by Gasteiger charge is 2.46. The normalized spacial score (nSPS) is 14.8. The molecule has 2 aromatic carbocycles. The van der Waals surface area contributed by atoms with Gasteiger partial charge < -0.3 is 34.9 Å². The maximum Gasteiger partial charge on any atom is 0.490 e. The van der Waals surface area contributed by atoms with Gasteiger partial charge in [0.25, 0.3) is 0 Å². The molecular weight excluding hydrogens is 740 g/mol. The quantitative estimate of drug-likeness (QED) is 0.138. The number of halogens is 5. The maximum atomic E-state index is 12.6. The number of carboxylic acid groups (broad SMARTS) is 1. The van der Waals surface area contributed by atoms with Gasteiger partial charge in [0.2, 0.25) is 5.91 Å². The molecule has 0 unspecified atom stereocenters. The van der Waals surface area contributed by atoms with Crippen molar-refractivity contribution in [2.24, 2.45) is 0 Å². The number of anilines is 2. The number of ether oxygens (including phenoxy) is 3. The summed E-state index contributed by atoms with van der Waals surface area (Å²) in [5, 5.41) is 15.3. The number of amides is 1. The van der Waals surface area contributed by atoms with Crippen LogP contribution in [-0.2, 0) is 9.59 Å². The van der Waals surface area contributed by atoms with Crippen LogP contribution in [-0.4, -0.2) is 84.0 Å². The molecule has 53 heavy (non-hydrogen) atoms. The van der Waals surface area contributed by atoms with Gasteiger partial charge in [-0.1, -0.05) is 29.8 Å². The fourth-order valence-electron chi connectivity index (χ4n) is 6.28. The number of hydrogen-bond donors (Lipinski definition) is 3. The van der Waals surface area contributed by atoms with E-state index < -0.39 is 12.1 Å². The number of carboxylic acids is 1. The molecule has 4 heterocycles. The number of benzene rings is 2. The van der Waals surface area contributed by atoms with Crippen LogP contribution in [0.2, 0.25) is 10.0 Å². The van der Waals surface area contributed by atoms with E-state index in [2.05, 4.69) is 27.1 Å². The van der Waals surface area contributed by atoms with E-state index in [9.17, 15) is 18.0 Å². The van der Waals surface area contributed by atoms with Crippen molar-refractivity contribution in [2.75, 3.05) is 51.2 Å². The minimum atomic E-state index is -5.08. The summed E-state index contributed by atoms with van der Waals surface area (Å²) in [6, 6.07) is 9.49. The second-order valence-corrected chi connectivity index (χ2v) is 13.0. The fraction of sp³-hybridized carbons (Fsp3) is 0.278. The third-order valence-electron chi connectivity index (χ3n) is 9.04. The third-order valence-corrected chi connectivity index (χ3v) is 9.80. The van der Waals surface area contributed by atoms with Crippen molar-refractivity contribution in [1.82, 2.24) is 19.7 Å². The van der Waals surface area contributed by atoms with Crippen LogP contribution in [0.15, 0.2) is 61.6 Å². The standard InChI is InChI=1S/C34H32Cl2N6O4.C2HF3O2/c1-5-29(43)40-23-13-20(26(44-2)15-25(23)41-10-9-39-34(18-41)6-7-34)22-14-24-19(17-38-22)12-21(33-37-8-11-42(24)33)30-31(35)27(45-3)16-28(46-4)32(30)36;3-2(4,5)1(6)7/h5,8,11-17,39H,1,6-7,9-10,18H2,2-4H3,(H,40,43);(H,6,7). The van der Waals surface area contributed by atoms with E-state index in [4.69, 9.17) is 52.3 Å². The Morgan fingerprint density at radius 2 is 1.66 bits per heavy atom. The molecule has 1 amide bonds. The molecule has 2 fully saturated rings. The van der Waals surface area contributed by atoms with Crippen LogP contribution < -0.4 is 29.7 Å². The van der Waals surface area contributed by atoms with Crippen molar-refractivity contribution in [2.45, 2.75) is 24.6 Å². The molecule has 1 aliphatic carbocycles. The number of fused-ring (bicyclic) bond motifs is 3. The van der Waals surface area contributed by atoms with Gasteiger partial charge in [-0.15, -0.1) is 0 Å². The number of methoxy groups -OCH3 is 3. The van der Waals surface area contributed by atoms with E-state index in [0.29, 0.717) is 55.4 Å². The van der Waals surface area contributed by atoms with Crippen molar-refractivity contribution in [3.63, 3.8) is 0 Å². The number of nitrogens with one attached hydrogen (secondary N) is 2. The Balaban J connectivity index is 0.000000626. The number of rotatable bonds is 8. The molecule has 1 spiro atoms. The van der Waals surface area contributed by atoms with Crippen molar-refractivity contribution >= 4 is 63.0 Å². The Morgan fingerprint density at radius 1 is 1.00 bits per heavy atom. The smallest absolute Gasteiger partial charge is 0.490 e. The molecule has 1 aliphatic heterocycles. The van der Waals surface area contributed by atoms with Gasteiger partial charge in [-0.25, -0.2) is 9.78 Å².